The Morgan fingerprint density at radius 3 is 2.56 bits per heavy atom. The summed E-state index contributed by atoms with van der Waals surface area (Å²) in [6.45, 7) is 5.74. The second-order valence-electron chi connectivity index (χ2n) is 5.40. The molecule has 0 heterocycles. The normalized spacial score (nSPS) is 20.0. The van der Waals surface area contributed by atoms with Gasteiger partial charge in [0.25, 0.3) is 0 Å². The SMILES string of the molecule is CC(C(=O)O)c1ccc2c(c1)C(=O)C(C(C)C)C2. The van der Waals surface area contributed by atoms with E-state index in [9.17, 15) is 9.59 Å². The highest BCUT2D eigenvalue weighted by molar-refractivity contribution is 6.02. The first-order valence-corrected chi connectivity index (χ1v) is 6.31. The zero-order valence-electron chi connectivity index (χ0n) is 10.9. The molecule has 0 spiro atoms. The molecule has 0 fully saturated rings. The number of carbonyl (C=O) groups is 2. The molecule has 0 amide bonds. The van der Waals surface area contributed by atoms with Crippen LogP contribution in [0, 0.1) is 11.8 Å². The smallest absolute Gasteiger partial charge is 0.310 e. The number of hydrogen-bond donors (Lipinski definition) is 1. The lowest BCUT2D eigenvalue weighted by Crippen LogP contribution is -2.15. The Hall–Kier alpha value is -1.64. The van der Waals surface area contributed by atoms with Crippen molar-refractivity contribution in [2.45, 2.75) is 33.1 Å². The summed E-state index contributed by atoms with van der Waals surface area (Å²) >= 11 is 0. The van der Waals surface area contributed by atoms with Gasteiger partial charge in [0, 0.05) is 11.5 Å². The number of aliphatic carboxylic acids is 1. The maximum absolute atomic E-state index is 12.2. The summed E-state index contributed by atoms with van der Waals surface area (Å²) in [5.74, 6) is -0.887. The van der Waals surface area contributed by atoms with Gasteiger partial charge in [-0.2, -0.15) is 0 Å². The highest BCUT2D eigenvalue weighted by Gasteiger charge is 2.33. The number of benzene rings is 1. The number of carbonyl (C=O) groups excluding carboxylic acids is 1. The number of Topliss-reactive ketones (excluding diaryl/α,β-unsaturated/α-hetero) is 1. The minimum atomic E-state index is -0.860. The molecule has 96 valence electrons. The first kappa shape index (κ1) is 12.8. The van der Waals surface area contributed by atoms with E-state index in [1.54, 1.807) is 13.0 Å². The molecule has 0 saturated heterocycles. The molecular weight excluding hydrogens is 228 g/mol. The predicted octanol–water partition coefficient (Wildman–Crippen LogP) is 2.89. The fourth-order valence-electron chi connectivity index (χ4n) is 2.48. The van der Waals surface area contributed by atoms with Crippen LogP contribution in [0.4, 0.5) is 0 Å². The molecular formula is C15H18O3. The van der Waals surface area contributed by atoms with Crippen LogP contribution in [-0.2, 0) is 11.2 Å². The maximum Gasteiger partial charge on any atom is 0.310 e. The average Bonchev–Trinajstić information content (AvgIpc) is 2.65. The summed E-state index contributed by atoms with van der Waals surface area (Å²) in [6, 6.07) is 5.50. The molecule has 0 radical (unpaired) electrons. The van der Waals surface area contributed by atoms with E-state index >= 15 is 0 Å². The van der Waals surface area contributed by atoms with Gasteiger partial charge in [-0.25, -0.2) is 0 Å². The van der Waals surface area contributed by atoms with Crippen LogP contribution in [0.5, 0.6) is 0 Å². The summed E-state index contributed by atoms with van der Waals surface area (Å²) in [4.78, 5) is 23.2. The first-order valence-electron chi connectivity index (χ1n) is 6.31. The van der Waals surface area contributed by atoms with Gasteiger partial charge in [0.2, 0.25) is 0 Å². The van der Waals surface area contributed by atoms with Crippen molar-refractivity contribution in [1.82, 2.24) is 0 Å². The van der Waals surface area contributed by atoms with E-state index in [4.69, 9.17) is 5.11 Å². The molecule has 0 aliphatic heterocycles. The van der Waals surface area contributed by atoms with Crippen LogP contribution in [-0.4, -0.2) is 16.9 Å². The van der Waals surface area contributed by atoms with Gasteiger partial charge in [0.05, 0.1) is 5.92 Å². The van der Waals surface area contributed by atoms with Crippen molar-refractivity contribution < 1.29 is 14.7 Å². The monoisotopic (exact) mass is 246 g/mol. The number of hydrogen-bond acceptors (Lipinski definition) is 2. The predicted molar refractivity (Wildman–Crippen MR) is 68.9 cm³/mol. The van der Waals surface area contributed by atoms with Crippen molar-refractivity contribution in [2.75, 3.05) is 0 Å². The zero-order chi connectivity index (χ0) is 13.4. The fourth-order valence-corrected chi connectivity index (χ4v) is 2.48. The topological polar surface area (TPSA) is 54.4 Å². The number of rotatable bonds is 3. The Balaban J connectivity index is 2.36. The van der Waals surface area contributed by atoms with Gasteiger partial charge < -0.3 is 5.11 Å². The molecule has 2 rings (SSSR count). The van der Waals surface area contributed by atoms with Gasteiger partial charge in [-0.1, -0.05) is 26.0 Å². The Morgan fingerprint density at radius 1 is 1.33 bits per heavy atom. The van der Waals surface area contributed by atoms with Crippen molar-refractivity contribution in [3.8, 4) is 0 Å². The van der Waals surface area contributed by atoms with Crippen molar-refractivity contribution in [1.29, 1.82) is 0 Å². The standard InChI is InChI=1S/C15H18O3/c1-8(2)12-7-11-5-4-10(9(3)15(17)18)6-13(11)14(12)16/h4-6,8-9,12H,7H2,1-3H3,(H,17,18). The Bertz CT molecular complexity index is 502. The van der Waals surface area contributed by atoms with Gasteiger partial charge in [-0.3, -0.25) is 9.59 Å². The summed E-state index contributed by atoms with van der Waals surface area (Å²) in [7, 11) is 0. The van der Waals surface area contributed by atoms with Crippen LogP contribution in [0.2, 0.25) is 0 Å². The number of fused-ring (bicyclic) bond motifs is 1. The molecule has 2 unspecified atom stereocenters. The van der Waals surface area contributed by atoms with Gasteiger partial charge in [0.15, 0.2) is 5.78 Å². The Morgan fingerprint density at radius 2 is 2.00 bits per heavy atom. The van der Waals surface area contributed by atoms with E-state index in [1.165, 1.54) is 0 Å². The number of carboxylic acid groups (broad SMARTS) is 1. The van der Waals surface area contributed by atoms with Crippen molar-refractivity contribution >= 4 is 11.8 Å². The quantitative estimate of drug-likeness (QED) is 0.892. The van der Waals surface area contributed by atoms with Gasteiger partial charge in [-0.05, 0) is 36.5 Å². The Labute approximate surface area is 107 Å². The van der Waals surface area contributed by atoms with E-state index in [0.29, 0.717) is 11.5 Å². The summed E-state index contributed by atoms with van der Waals surface area (Å²) < 4.78 is 0. The summed E-state index contributed by atoms with van der Waals surface area (Å²) in [6.07, 6.45) is 0.785. The molecule has 3 nitrogen and oxygen atoms in total. The van der Waals surface area contributed by atoms with Crippen LogP contribution >= 0.6 is 0 Å². The lowest BCUT2D eigenvalue weighted by Gasteiger charge is -2.11. The van der Waals surface area contributed by atoms with Gasteiger partial charge in [-0.15, -0.1) is 0 Å². The minimum absolute atomic E-state index is 0.0513. The molecule has 0 aromatic heterocycles. The van der Waals surface area contributed by atoms with Crippen LogP contribution in [0.3, 0.4) is 0 Å². The summed E-state index contributed by atoms with van der Waals surface area (Å²) in [5.41, 5.74) is 2.48. The zero-order valence-corrected chi connectivity index (χ0v) is 10.9. The third-order valence-electron chi connectivity index (χ3n) is 3.85. The van der Waals surface area contributed by atoms with Crippen molar-refractivity contribution in [3.63, 3.8) is 0 Å². The first-order chi connectivity index (χ1) is 8.41. The van der Waals surface area contributed by atoms with E-state index in [2.05, 4.69) is 13.8 Å². The highest BCUT2D eigenvalue weighted by Crippen LogP contribution is 2.33. The lowest BCUT2D eigenvalue weighted by atomic mass is 9.92. The second kappa shape index (κ2) is 4.56. The van der Waals surface area contributed by atoms with Crippen molar-refractivity contribution in [2.24, 2.45) is 11.8 Å². The summed E-state index contributed by atoms with van der Waals surface area (Å²) in [5, 5.41) is 9.01. The molecule has 1 N–H and O–H groups in total. The molecule has 0 saturated carbocycles. The molecule has 1 aliphatic carbocycles. The number of carboxylic acids is 1. The minimum Gasteiger partial charge on any atom is -0.481 e. The largest absolute Gasteiger partial charge is 0.481 e. The van der Waals surface area contributed by atoms with Gasteiger partial charge in [0.1, 0.15) is 0 Å². The van der Waals surface area contributed by atoms with E-state index in [-0.39, 0.29) is 11.7 Å². The molecule has 1 aliphatic rings. The molecule has 2 atom stereocenters. The molecule has 18 heavy (non-hydrogen) atoms. The average molecular weight is 246 g/mol. The fraction of sp³-hybridized carbons (Fsp3) is 0.467. The van der Waals surface area contributed by atoms with Crippen LogP contribution in [0.25, 0.3) is 0 Å². The van der Waals surface area contributed by atoms with Gasteiger partial charge >= 0.3 is 5.97 Å². The van der Waals surface area contributed by atoms with E-state index in [0.717, 1.165) is 17.5 Å². The lowest BCUT2D eigenvalue weighted by molar-refractivity contribution is -0.138. The van der Waals surface area contributed by atoms with Crippen LogP contribution in [0.15, 0.2) is 18.2 Å². The maximum atomic E-state index is 12.2. The third-order valence-corrected chi connectivity index (χ3v) is 3.85. The number of ketones is 1. The third kappa shape index (κ3) is 2.05. The van der Waals surface area contributed by atoms with Crippen LogP contribution < -0.4 is 0 Å². The van der Waals surface area contributed by atoms with Crippen molar-refractivity contribution in [3.05, 3.63) is 34.9 Å². The molecule has 1 aromatic rings. The molecule has 1 aromatic carbocycles. The van der Waals surface area contributed by atoms with E-state index < -0.39 is 11.9 Å². The Kier molecular flexibility index (Phi) is 3.24. The highest BCUT2D eigenvalue weighted by atomic mass is 16.4. The van der Waals surface area contributed by atoms with Crippen LogP contribution in [0.1, 0.15) is 48.2 Å². The second-order valence-corrected chi connectivity index (χ2v) is 5.40. The molecule has 0 bridgehead atoms. The molecule has 3 heteroatoms. The van der Waals surface area contributed by atoms with E-state index in [1.807, 2.05) is 12.1 Å².